The zero-order chi connectivity index (χ0) is 50.8. The summed E-state index contributed by atoms with van der Waals surface area (Å²) in [4.78, 5) is 39.8. The largest absolute Gasteiger partial charge is 0.756 e. The van der Waals surface area contributed by atoms with Crippen LogP contribution >= 0.6 is 7.82 Å². The number of carbonyl (C=O) groups excluding carboxylic acids is 2. The van der Waals surface area contributed by atoms with E-state index in [1.807, 2.05) is 94.1 Å². The molecule has 3 atom stereocenters. The Morgan fingerprint density at radius 1 is 0.522 bits per heavy atom. The number of quaternary nitrogens is 1. The van der Waals surface area contributed by atoms with Gasteiger partial charge in [0.15, 0.2) is 0 Å². The van der Waals surface area contributed by atoms with Crippen LogP contribution in [-0.2, 0) is 27.9 Å². The summed E-state index contributed by atoms with van der Waals surface area (Å²) >= 11 is 0. The number of nitrogens with one attached hydrogen (secondary N) is 1. The molecule has 0 spiro atoms. The first-order chi connectivity index (χ1) is 33.4. The van der Waals surface area contributed by atoms with Crippen LogP contribution in [-0.4, -0.2) is 69.4 Å². The van der Waals surface area contributed by atoms with Gasteiger partial charge in [-0.15, -0.1) is 0 Å². The number of phosphoric acid groups is 1. The molecule has 0 heterocycles. The molecule has 398 valence electrons. The first-order valence-corrected chi connectivity index (χ1v) is 29.4. The number of nitrogens with zero attached hydrogens (tertiary/aromatic N) is 1. The highest BCUT2D eigenvalue weighted by Gasteiger charge is 2.27. The fourth-order valence-electron chi connectivity index (χ4n) is 7.67. The van der Waals surface area contributed by atoms with E-state index < -0.39 is 26.6 Å². The Bertz CT molecular complexity index is 1460. The van der Waals surface area contributed by atoms with Crippen molar-refractivity contribution in [2.24, 2.45) is 0 Å². The van der Waals surface area contributed by atoms with Crippen molar-refractivity contribution in [3.05, 3.63) is 85.1 Å². The summed E-state index contributed by atoms with van der Waals surface area (Å²) in [5.74, 6) is -0.593. The Labute approximate surface area is 425 Å². The van der Waals surface area contributed by atoms with Crippen LogP contribution in [0.5, 0.6) is 0 Å². The van der Waals surface area contributed by atoms with Crippen molar-refractivity contribution in [2.45, 2.75) is 238 Å². The van der Waals surface area contributed by atoms with Crippen molar-refractivity contribution >= 4 is 19.7 Å². The molecule has 0 aliphatic carbocycles. The summed E-state index contributed by atoms with van der Waals surface area (Å²) in [6.45, 7) is 6.65. The van der Waals surface area contributed by atoms with Crippen LogP contribution in [0.15, 0.2) is 85.1 Å². The van der Waals surface area contributed by atoms with E-state index in [1.54, 1.807) is 0 Å². The first-order valence-electron chi connectivity index (χ1n) is 28.0. The first kappa shape index (κ1) is 66.2. The Morgan fingerprint density at radius 2 is 0.928 bits per heavy atom. The van der Waals surface area contributed by atoms with Gasteiger partial charge in [0, 0.05) is 12.8 Å². The Morgan fingerprint density at radius 3 is 1.41 bits per heavy atom. The topological polar surface area (TPSA) is 114 Å². The van der Waals surface area contributed by atoms with Gasteiger partial charge in [-0.2, -0.15) is 0 Å². The molecule has 0 bridgehead atoms. The lowest BCUT2D eigenvalue weighted by Gasteiger charge is -2.30. The van der Waals surface area contributed by atoms with Crippen molar-refractivity contribution in [1.29, 1.82) is 0 Å². The number of rotatable bonds is 49. The lowest BCUT2D eigenvalue weighted by Crippen LogP contribution is -2.47. The smallest absolute Gasteiger partial charge is 0.306 e. The van der Waals surface area contributed by atoms with Gasteiger partial charge in [0.1, 0.15) is 19.3 Å². The van der Waals surface area contributed by atoms with E-state index in [4.69, 9.17) is 13.8 Å². The van der Waals surface area contributed by atoms with Crippen LogP contribution in [0, 0.1) is 0 Å². The SMILES string of the molecule is CC\C=C/C=C/C=C/C=C\C=C\C=C\CCCCCC(=O)NC(COP(=O)([O-])OCC[N+](C)(C)C)C(/C=C/CCCCCCCCCCCCC)OC(=O)CCCCCCCCCCCCCCC. The van der Waals surface area contributed by atoms with E-state index in [9.17, 15) is 19.0 Å². The van der Waals surface area contributed by atoms with Crippen molar-refractivity contribution in [1.82, 2.24) is 5.32 Å². The van der Waals surface area contributed by atoms with Crippen molar-refractivity contribution in [2.75, 3.05) is 40.9 Å². The van der Waals surface area contributed by atoms with E-state index in [2.05, 4.69) is 38.2 Å². The van der Waals surface area contributed by atoms with Gasteiger partial charge in [0.05, 0.1) is 33.8 Å². The molecular formula is C59H105N2O7P. The molecule has 1 N–H and O–H groups in total. The van der Waals surface area contributed by atoms with Gasteiger partial charge in [-0.05, 0) is 51.0 Å². The maximum Gasteiger partial charge on any atom is 0.306 e. The minimum Gasteiger partial charge on any atom is -0.756 e. The molecule has 0 aliphatic heterocycles. The van der Waals surface area contributed by atoms with Crippen LogP contribution in [0.1, 0.15) is 226 Å². The zero-order valence-corrected chi connectivity index (χ0v) is 46.1. The van der Waals surface area contributed by atoms with Crippen LogP contribution in [0.2, 0.25) is 0 Å². The number of allylic oxidation sites excluding steroid dienone is 13. The second-order valence-corrected chi connectivity index (χ2v) is 21.3. The molecule has 3 unspecified atom stereocenters. The Kier molecular flexibility index (Phi) is 46.8. The summed E-state index contributed by atoms with van der Waals surface area (Å²) in [5.41, 5.74) is 0. The quantitative estimate of drug-likeness (QED) is 0.0161. The van der Waals surface area contributed by atoms with Gasteiger partial charge >= 0.3 is 5.97 Å². The third-order valence-electron chi connectivity index (χ3n) is 12.0. The predicted octanol–water partition coefficient (Wildman–Crippen LogP) is 16.0. The van der Waals surface area contributed by atoms with Gasteiger partial charge in [-0.25, -0.2) is 0 Å². The Hall–Kier alpha value is -2.81. The molecule has 0 aromatic carbocycles. The third-order valence-corrected chi connectivity index (χ3v) is 13.0. The summed E-state index contributed by atoms with van der Waals surface area (Å²) in [6, 6.07) is -0.912. The number of ether oxygens (including phenoxy) is 1. The molecule has 0 saturated carbocycles. The van der Waals surface area contributed by atoms with Crippen molar-refractivity contribution in [3.8, 4) is 0 Å². The molecule has 69 heavy (non-hydrogen) atoms. The summed E-state index contributed by atoms with van der Waals surface area (Å²) in [7, 11) is 1.14. The summed E-state index contributed by atoms with van der Waals surface area (Å²) in [6.07, 6.45) is 62.6. The van der Waals surface area contributed by atoms with Gasteiger partial charge in [-0.3, -0.25) is 14.2 Å². The third kappa shape index (κ3) is 49.9. The predicted molar refractivity (Wildman–Crippen MR) is 293 cm³/mol. The molecule has 0 aromatic heterocycles. The minimum atomic E-state index is -4.71. The van der Waals surface area contributed by atoms with Crippen molar-refractivity contribution in [3.63, 3.8) is 0 Å². The fourth-order valence-corrected chi connectivity index (χ4v) is 8.39. The lowest BCUT2D eigenvalue weighted by atomic mass is 10.0. The molecular weight excluding hydrogens is 880 g/mol. The lowest BCUT2D eigenvalue weighted by molar-refractivity contribution is -0.870. The maximum absolute atomic E-state index is 13.5. The molecule has 9 nitrogen and oxygen atoms in total. The second-order valence-electron chi connectivity index (χ2n) is 19.9. The van der Waals surface area contributed by atoms with Gasteiger partial charge in [0.2, 0.25) is 5.91 Å². The van der Waals surface area contributed by atoms with Gasteiger partial charge < -0.3 is 28.5 Å². The maximum atomic E-state index is 13.5. The molecule has 0 radical (unpaired) electrons. The van der Waals surface area contributed by atoms with E-state index in [0.29, 0.717) is 17.4 Å². The average molecular weight is 985 g/mol. The molecule has 10 heteroatoms. The van der Waals surface area contributed by atoms with E-state index >= 15 is 0 Å². The second kappa shape index (κ2) is 48.8. The average Bonchev–Trinajstić information content (AvgIpc) is 3.31. The highest BCUT2D eigenvalue weighted by atomic mass is 31.2. The van der Waals surface area contributed by atoms with Gasteiger partial charge in [0.25, 0.3) is 7.82 Å². The summed E-state index contributed by atoms with van der Waals surface area (Å²) < 4.78 is 30.2. The summed E-state index contributed by atoms with van der Waals surface area (Å²) in [5, 5.41) is 2.99. The highest BCUT2D eigenvalue weighted by molar-refractivity contribution is 7.45. The van der Waals surface area contributed by atoms with Crippen LogP contribution in [0.4, 0.5) is 0 Å². The molecule has 0 rings (SSSR count). The minimum absolute atomic E-state index is 0.0343. The number of hydrogen-bond donors (Lipinski definition) is 1. The molecule has 0 aliphatic rings. The number of unbranched alkanes of at least 4 members (excludes halogenated alkanes) is 26. The molecule has 0 aromatic rings. The number of amides is 1. The number of esters is 1. The monoisotopic (exact) mass is 985 g/mol. The Balaban J connectivity index is 5.49. The van der Waals surface area contributed by atoms with Crippen molar-refractivity contribution < 1.29 is 37.3 Å². The van der Waals surface area contributed by atoms with Crippen LogP contribution in [0.25, 0.3) is 0 Å². The molecule has 0 saturated heterocycles. The normalized spacial score (nSPS) is 14.5. The van der Waals surface area contributed by atoms with Crippen LogP contribution in [0.3, 0.4) is 0 Å². The van der Waals surface area contributed by atoms with Crippen LogP contribution < -0.4 is 10.2 Å². The standard InChI is InChI=1S/C59H105N2O7P/c1-7-10-13-16-19-22-25-28-29-30-31-34-36-39-42-45-48-51-58(62)60-56(55-67-69(64,65)66-54-53-61(4,5)6)57(50-47-44-41-38-35-32-26-23-20-17-14-11-8-2)68-59(63)52-49-46-43-40-37-33-27-24-21-18-15-12-9-3/h10,13,16,19,22,25,28-31,34,36,47,50,56-57H,7-9,11-12,14-15,17-18,20-21,23-24,26-27,32-33,35,37-46,48-49,51-55H2,1-6H3,(H-,60,62,64,65)/b13-10-,19-16+,25-22+,29-28-,31-30+,36-34+,50-47+. The number of hydrogen-bond acceptors (Lipinski definition) is 7. The van der Waals surface area contributed by atoms with E-state index in [0.717, 1.165) is 64.2 Å². The van der Waals surface area contributed by atoms with Gasteiger partial charge in [-0.1, -0.05) is 247 Å². The van der Waals surface area contributed by atoms with E-state index in [1.165, 1.54) is 122 Å². The number of phosphoric ester groups is 1. The van der Waals surface area contributed by atoms with E-state index in [-0.39, 0.29) is 31.3 Å². The number of likely N-dealkylation sites (N-methyl/N-ethyl adjacent to an activating group) is 1. The molecule has 1 amide bonds. The number of carbonyl (C=O) groups is 2. The zero-order valence-electron chi connectivity index (χ0n) is 45.2. The molecule has 0 fully saturated rings. The highest BCUT2D eigenvalue weighted by Crippen LogP contribution is 2.38. The fraction of sp³-hybridized carbons (Fsp3) is 0.729.